The Balaban J connectivity index is 2.38. The summed E-state index contributed by atoms with van der Waals surface area (Å²) in [6.07, 6.45) is 3.52. The quantitative estimate of drug-likeness (QED) is 0.729. The van der Waals surface area contributed by atoms with Gasteiger partial charge in [0.25, 0.3) is 0 Å². The van der Waals surface area contributed by atoms with Crippen LogP contribution in [0.3, 0.4) is 0 Å². The maximum Gasteiger partial charge on any atom is 0.142 e. The molecule has 0 saturated heterocycles. The normalized spacial score (nSPS) is 17.1. The Morgan fingerprint density at radius 3 is 3.00 bits per heavy atom. The van der Waals surface area contributed by atoms with Crippen LogP contribution in [0.5, 0.6) is 5.75 Å². The summed E-state index contributed by atoms with van der Waals surface area (Å²) in [6, 6.07) is 6.04. The van der Waals surface area contributed by atoms with Crippen LogP contribution in [0.1, 0.15) is 25.5 Å². The number of hydrogen-bond donors (Lipinski definition) is 0. The van der Waals surface area contributed by atoms with Crippen LogP contribution >= 0.6 is 0 Å². The molecule has 3 nitrogen and oxygen atoms in total. The van der Waals surface area contributed by atoms with Crippen LogP contribution in [0.2, 0.25) is 0 Å². The van der Waals surface area contributed by atoms with Gasteiger partial charge in [-0.3, -0.25) is 4.98 Å². The van der Waals surface area contributed by atoms with E-state index in [1.807, 2.05) is 19.1 Å². The van der Waals surface area contributed by atoms with Crippen molar-refractivity contribution in [3.63, 3.8) is 0 Å². The second-order valence-electron chi connectivity index (χ2n) is 3.48. The van der Waals surface area contributed by atoms with Crippen molar-refractivity contribution in [2.45, 2.75) is 25.2 Å². The van der Waals surface area contributed by atoms with E-state index in [9.17, 15) is 0 Å². The second kappa shape index (κ2) is 3.30. The van der Waals surface area contributed by atoms with Gasteiger partial charge in [-0.25, -0.2) is 0 Å². The smallest absolute Gasteiger partial charge is 0.142 e. The molecule has 1 saturated carbocycles. The zero-order valence-electron chi connectivity index (χ0n) is 8.16. The highest BCUT2D eigenvalue weighted by atomic mass is 16.5. The van der Waals surface area contributed by atoms with Gasteiger partial charge in [-0.2, -0.15) is 5.26 Å². The van der Waals surface area contributed by atoms with Crippen LogP contribution in [-0.4, -0.2) is 11.6 Å². The molecule has 72 valence electrons. The number of aromatic nitrogens is 1. The minimum atomic E-state index is -0.355. The van der Waals surface area contributed by atoms with Gasteiger partial charge in [-0.05, 0) is 31.9 Å². The lowest BCUT2D eigenvalue weighted by Crippen LogP contribution is -2.08. The van der Waals surface area contributed by atoms with Crippen LogP contribution in [0.25, 0.3) is 0 Å². The summed E-state index contributed by atoms with van der Waals surface area (Å²) in [4.78, 5) is 4.25. The molecule has 1 heterocycles. The fraction of sp³-hybridized carbons (Fsp3) is 0.455. The molecule has 2 rings (SSSR count). The first-order valence-electron chi connectivity index (χ1n) is 4.82. The molecule has 0 unspecified atom stereocenters. The Morgan fingerprint density at radius 2 is 2.43 bits per heavy atom. The zero-order chi connectivity index (χ0) is 10.0. The van der Waals surface area contributed by atoms with Crippen molar-refractivity contribution < 1.29 is 4.74 Å². The maximum absolute atomic E-state index is 9.06. The summed E-state index contributed by atoms with van der Waals surface area (Å²) in [5.41, 5.74) is 0.454. The van der Waals surface area contributed by atoms with Crippen LogP contribution in [0.4, 0.5) is 0 Å². The van der Waals surface area contributed by atoms with Gasteiger partial charge in [0.15, 0.2) is 0 Å². The SMILES string of the molecule is CCOc1cccnc1C1(C#N)CC1. The van der Waals surface area contributed by atoms with E-state index in [0.29, 0.717) is 6.61 Å². The lowest BCUT2D eigenvalue weighted by molar-refractivity contribution is 0.333. The second-order valence-corrected chi connectivity index (χ2v) is 3.48. The monoisotopic (exact) mass is 188 g/mol. The van der Waals surface area contributed by atoms with E-state index in [1.165, 1.54) is 0 Å². The molecule has 14 heavy (non-hydrogen) atoms. The number of pyridine rings is 1. The molecule has 1 fully saturated rings. The third kappa shape index (κ3) is 1.33. The summed E-state index contributed by atoms with van der Waals surface area (Å²) >= 11 is 0. The topological polar surface area (TPSA) is 45.9 Å². The van der Waals surface area contributed by atoms with Crippen LogP contribution in [-0.2, 0) is 5.41 Å². The predicted molar refractivity (Wildman–Crippen MR) is 51.9 cm³/mol. The van der Waals surface area contributed by atoms with Gasteiger partial charge in [0, 0.05) is 6.20 Å². The standard InChI is InChI=1S/C11H12N2O/c1-2-14-9-4-3-7-13-10(9)11(8-12)5-6-11/h3-4,7H,2,5-6H2,1H3. The molecule has 0 aromatic carbocycles. The molecule has 0 atom stereocenters. The minimum absolute atomic E-state index is 0.355. The van der Waals surface area contributed by atoms with Gasteiger partial charge in [-0.1, -0.05) is 0 Å². The zero-order valence-corrected chi connectivity index (χ0v) is 8.16. The van der Waals surface area contributed by atoms with Crippen molar-refractivity contribution in [2.24, 2.45) is 0 Å². The summed E-state index contributed by atoms with van der Waals surface area (Å²) in [5, 5.41) is 9.06. The molecule has 3 heteroatoms. The Morgan fingerprint density at radius 1 is 1.64 bits per heavy atom. The van der Waals surface area contributed by atoms with Gasteiger partial charge in [0.05, 0.1) is 12.7 Å². The molecule has 0 spiro atoms. The van der Waals surface area contributed by atoms with E-state index < -0.39 is 0 Å². The van der Waals surface area contributed by atoms with Gasteiger partial charge < -0.3 is 4.74 Å². The third-order valence-corrected chi connectivity index (χ3v) is 2.49. The fourth-order valence-corrected chi connectivity index (χ4v) is 1.55. The molecule has 1 aliphatic rings. The Bertz CT molecular complexity index is 377. The Hall–Kier alpha value is -1.56. The van der Waals surface area contributed by atoms with Crippen molar-refractivity contribution in [2.75, 3.05) is 6.61 Å². The largest absolute Gasteiger partial charge is 0.492 e. The van der Waals surface area contributed by atoms with Crippen molar-refractivity contribution in [1.82, 2.24) is 4.98 Å². The molecule has 0 amide bonds. The van der Waals surface area contributed by atoms with E-state index >= 15 is 0 Å². The van der Waals surface area contributed by atoms with E-state index in [2.05, 4.69) is 11.1 Å². The first-order chi connectivity index (χ1) is 6.82. The van der Waals surface area contributed by atoms with Crippen LogP contribution in [0, 0.1) is 11.3 Å². The van der Waals surface area contributed by atoms with Crippen LogP contribution in [0.15, 0.2) is 18.3 Å². The number of nitrogens with zero attached hydrogens (tertiary/aromatic N) is 2. The molecular formula is C11H12N2O. The van der Waals surface area contributed by atoms with Crippen molar-refractivity contribution in [1.29, 1.82) is 5.26 Å². The Kier molecular flexibility index (Phi) is 2.12. The van der Waals surface area contributed by atoms with Gasteiger partial charge >= 0.3 is 0 Å². The lowest BCUT2D eigenvalue weighted by Gasteiger charge is -2.11. The highest BCUT2D eigenvalue weighted by Gasteiger charge is 2.48. The summed E-state index contributed by atoms with van der Waals surface area (Å²) in [6.45, 7) is 2.54. The predicted octanol–water partition coefficient (Wildman–Crippen LogP) is 2.04. The van der Waals surface area contributed by atoms with E-state index in [0.717, 1.165) is 24.3 Å². The van der Waals surface area contributed by atoms with E-state index in [1.54, 1.807) is 6.20 Å². The van der Waals surface area contributed by atoms with Crippen LogP contribution < -0.4 is 4.74 Å². The summed E-state index contributed by atoms with van der Waals surface area (Å²) < 4.78 is 5.45. The molecule has 1 aromatic heterocycles. The third-order valence-electron chi connectivity index (χ3n) is 2.49. The molecule has 0 radical (unpaired) electrons. The first kappa shape index (κ1) is 9.01. The van der Waals surface area contributed by atoms with E-state index in [4.69, 9.17) is 10.00 Å². The van der Waals surface area contributed by atoms with Crippen molar-refractivity contribution >= 4 is 0 Å². The first-order valence-corrected chi connectivity index (χ1v) is 4.82. The fourth-order valence-electron chi connectivity index (χ4n) is 1.55. The maximum atomic E-state index is 9.06. The highest BCUT2D eigenvalue weighted by molar-refractivity contribution is 5.43. The number of nitriles is 1. The highest BCUT2D eigenvalue weighted by Crippen LogP contribution is 2.49. The van der Waals surface area contributed by atoms with E-state index in [-0.39, 0.29) is 5.41 Å². The molecule has 0 N–H and O–H groups in total. The number of ether oxygens (including phenoxy) is 1. The van der Waals surface area contributed by atoms with Crippen molar-refractivity contribution in [3.8, 4) is 11.8 Å². The van der Waals surface area contributed by atoms with Gasteiger partial charge in [0.1, 0.15) is 16.9 Å². The molecule has 1 aliphatic carbocycles. The molecule has 1 aromatic rings. The van der Waals surface area contributed by atoms with Gasteiger partial charge in [0.2, 0.25) is 0 Å². The minimum Gasteiger partial charge on any atom is -0.492 e. The molecular weight excluding hydrogens is 176 g/mol. The molecule has 0 aliphatic heterocycles. The summed E-state index contributed by atoms with van der Waals surface area (Å²) in [7, 11) is 0. The van der Waals surface area contributed by atoms with Crippen molar-refractivity contribution in [3.05, 3.63) is 24.0 Å². The van der Waals surface area contributed by atoms with Gasteiger partial charge in [-0.15, -0.1) is 0 Å². The number of rotatable bonds is 3. The Labute approximate surface area is 83.3 Å². The molecule has 0 bridgehead atoms. The lowest BCUT2D eigenvalue weighted by atomic mass is 10.0. The average Bonchev–Trinajstić information content (AvgIpc) is 3.00. The number of hydrogen-bond acceptors (Lipinski definition) is 3. The summed E-state index contributed by atoms with van der Waals surface area (Å²) in [5.74, 6) is 0.758. The average molecular weight is 188 g/mol.